The maximum atomic E-state index is 9.16. The van der Waals surface area contributed by atoms with Crippen molar-refractivity contribution in [3.63, 3.8) is 0 Å². The summed E-state index contributed by atoms with van der Waals surface area (Å²) in [5, 5.41) is 16.5. The molecule has 1 heterocycles. The van der Waals surface area contributed by atoms with Gasteiger partial charge in [0.15, 0.2) is 0 Å². The third kappa shape index (κ3) is 1.70. The Balaban J connectivity index is 2.01. The van der Waals surface area contributed by atoms with Crippen molar-refractivity contribution >= 4 is 5.71 Å². The lowest BCUT2D eigenvalue weighted by Gasteiger charge is -2.21. The zero-order valence-corrected chi connectivity index (χ0v) is 10.1. The normalized spacial score (nSPS) is 20.9. The van der Waals surface area contributed by atoms with Gasteiger partial charge < -0.3 is 9.73 Å². The maximum Gasteiger partial charge on any atom is 0.146 e. The van der Waals surface area contributed by atoms with Crippen molar-refractivity contribution in [1.82, 2.24) is 5.16 Å². The van der Waals surface area contributed by atoms with Crippen molar-refractivity contribution in [2.24, 2.45) is 5.16 Å². The largest absolute Gasteiger partial charge is 0.411 e. The first-order valence-corrected chi connectivity index (χ1v) is 6.01. The number of benzene rings is 1. The number of nitrogens with zero attached hydrogens (tertiary/aromatic N) is 2. The van der Waals surface area contributed by atoms with Gasteiger partial charge in [0.05, 0.1) is 17.0 Å². The Kier molecular flexibility index (Phi) is 2.63. The molecule has 1 aromatic carbocycles. The molecule has 0 saturated carbocycles. The number of rotatable bonds is 1. The monoisotopic (exact) mass is 242 g/mol. The van der Waals surface area contributed by atoms with E-state index in [1.54, 1.807) is 0 Å². The molecule has 1 aliphatic rings. The molecule has 3 rings (SSSR count). The summed E-state index contributed by atoms with van der Waals surface area (Å²) < 4.78 is 5.33. The van der Waals surface area contributed by atoms with Gasteiger partial charge in [0.1, 0.15) is 5.76 Å². The zero-order chi connectivity index (χ0) is 12.5. The number of oxime groups is 1. The van der Waals surface area contributed by atoms with E-state index in [-0.39, 0.29) is 5.92 Å². The Morgan fingerprint density at radius 1 is 1.28 bits per heavy atom. The van der Waals surface area contributed by atoms with E-state index in [1.165, 1.54) is 5.56 Å². The molecule has 0 bridgehead atoms. The summed E-state index contributed by atoms with van der Waals surface area (Å²) >= 11 is 0. The molecule has 1 unspecified atom stereocenters. The number of aromatic nitrogens is 1. The lowest BCUT2D eigenvalue weighted by atomic mass is 9.82. The Labute approximate surface area is 105 Å². The minimum absolute atomic E-state index is 0.289. The molecule has 18 heavy (non-hydrogen) atoms. The highest BCUT2D eigenvalue weighted by Gasteiger charge is 2.30. The van der Waals surface area contributed by atoms with Gasteiger partial charge in [-0.3, -0.25) is 0 Å². The summed E-state index contributed by atoms with van der Waals surface area (Å²) in [6.45, 7) is 1.87. The van der Waals surface area contributed by atoms with Crippen molar-refractivity contribution in [2.75, 3.05) is 0 Å². The second kappa shape index (κ2) is 4.29. The van der Waals surface area contributed by atoms with Crippen LogP contribution in [0.2, 0.25) is 0 Å². The van der Waals surface area contributed by atoms with Crippen LogP contribution in [0.5, 0.6) is 0 Å². The fourth-order valence-corrected chi connectivity index (χ4v) is 2.61. The summed E-state index contributed by atoms with van der Waals surface area (Å²) in [6, 6.07) is 10.2. The summed E-state index contributed by atoms with van der Waals surface area (Å²) in [7, 11) is 0. The fourth-order valence-electron chi connectivity index (χ4n) is 2.61. The highest BCUT2D eigenvalue weighted by atomic mass is 16.5. The number of hydrogen-bond acceptors (Lipinski definition) is 4. The van der Waals surface area contributed by atoms with Gasteiger partial charge in [-0.05, 0) is 18.4 Å². The lowest BCUT2D eigenvalue weighted by Crippen LogP contribution is -2.19. The molecule has 92 valence electrons. The Bertz CT molecular complexity index is 587. The molecule has 0 spiro atoms. The highest BCUT2D eigenvalue weighted by Crippen LogP contribution is 2.34. The molecule has 0 amide bonds. The first-order valence-electron chi connectivity index (χ1n) is 6.01. The van der Waals surface area contributed by atoms with Crippen LogP contribution < -0.4 is 0 Å². The van der Waals surface area contributed by atoms with E-state index >= 15 is 0 Å². The standard InChI is InChI=1S/C14H14N2O2/c1-9-14-12(15-17)7-11(8-13(14)18-16-9)10-5-3-2-4-6-10/h2-6,11,17H,7-8H2,1H3/b15-12-. The minimum Gasteiger partial charge on any atom is -0.411 e. The first-order chi connectivity index (χ1) is 8.79. The number of fused-ring (bicyclic) bond motifs is 1. The Hall–Kier alpha value is -2.10. The molecular weight excluding hydrogens is 228 g/mol. The summed E-state index contributed by atoms with van der Waals surface area (Å²) in [5.41, 5.74) is 3.58. The predicted octanol–water partition coefficient (Wildman–Crippen LogP) is 2.89. The smallest absolute Gasteiger partial charge is 0.146 e. The van der Waals surface area contributed by atoms with Crippen LogP contribution in [0.25, 0.3) is 0 Å². The SMILES string of the molecule is Cc1noc2c1/C(=N\O)CC(c1ccccc1)C2. The minimum atomic E-state index is 0.289. The van der Waals surface area contributed by atoms with Crippen LogP contribution in [-0.2, 0) is 6.42 Å². The zero-order valence-electron chi connectivity index (χ0n) is 10.1. The molecule has 0 saturated heterocycles. The maximum absolute atomic E-state index is 9.16. The third-order valence-corrected chi connectivity index (χ3v) is 3.49. The second-order valence-corrected chi connectivity index (χ2v) is 4.63. The van der Waals surface area contributed by atoms with Crippen LogP contribution >= 0.6 is 0 Å². The number of aryl methyl sites for hydroxylation is 1. The lowest BCUT2D eigenvalue weighted by molar-refractivity contribution is 0.315. The summed E-state index contributed by atoms with van der Waals surface area (Å²) in [6.07, 6.45) is 1.52. The van der Waals surface area contributed by atoms with Crippen LogP contribution in [0, 0.1) is 6.92 Å². The highest BCUT2D eigenvalue weighted by molar-refractivity contribution is 6.03. The molecule has 1 N–H and O–H groups in total. The van der Waals surface area contributed by atoms with Gasteiger partial charge in [0.25, 0.3) is 0 Å². The van der Waals surface area contributed by atoms with Gasteiger partial charge in [-0.15, -0.1) is 0 Å². The topological polar surface area (TPSA) is 58.6 Å². The van der Waals surface area contributed by atoms with E-state index in [0.717, 1.165) is 29.9 Å². The van der Waals surface area contributed by atoms with Crippen LogP contribution in [0.15, 0.2) is 40.0 Å². The second-order valence-electron chi connectivity index (χ2n) is 4.63. The van der Waals surface area contributed by atoms with E-state index in [9.17, 15) is 0 Å². The summed E-state index contributed by atoms with van der Waals surface area (Å²) in [5.74, 6) is 1.11. The first kappa shape index (κ1) is 11.0. The average Bonchev–Trinajstić information content (AvgIpc) is 2.81. The quantitative estimate of drug-likeness (QED) is 0.618. The van der Waals surface area contributed by atoms with Crippen molar-refractivity contribution in [3.8, 4) is 0 Å². The molecule has 4 nitrogen and oxygen atoms in total. The van der Waals surface area contributed by atoms with E-state index in [4.69, 9.17) is 9.73 Å². The van der Waals surface area contributed by atoms with E-state index in [2.05, 4.69) is 22.4 Å². The van der Waals surface area contributed by atoms with Gasteiger partial charge >= 0.3 is 0 Å². The molecule has 1 aromatic heterocycles. The predicted molar refractivity (Wildman–Crippen MR) is 67.1 cm³/mol. The van der Waals surface area contributed by atoms with Crippen molar-refractivity contribution in [2.45, 2.75) is 25.7 Å². The van der Waals surface area contributed by atoms with Gasteiger partial charge in [-0.1, -0.05) is 40.6 Å². The Morgan fingerprint density at radius 3 is 2.78 bits per heavy atom. The molecule has 0 aliphatic heterocycles. The van der Waals surface area contributed by atoms with Crippen LogP contribution in [0.1, 0.15) is 34.9 Å². The molecule has 1 atom stereocenters. The van der Waals surface area contributed by atoms with Gasteiger partial charge in [0, 0.05) is 12.8 Å². The van der Waals surface area contributed by atoms with Crippen LogP contribution in [-0.4, -0.2) is 16.1 Å². The molecule has 0 fully saturated rings. The molecule has 0 radical (unpaired) electrons. The van der Waals surface area contributed by atoms with E-state index in [1.807, 2.05) is 25.1 Å². The van der Waals surface area contributed by atoms with E-state index in [0.29, 0.717) is 5.71 Å². The molecule has 2 aromatic rings. The van der Waals surface area contributed by atoms with Gasteiger partial charge in [-0.2, -0.15) is 0 Å². The van der Waals surface area contributed by atoms with E-state index < -0.39 is 0 Å². The molecule has 4 heteroatoms. The molecular formula is C14H14N2O2. The van der Waals surface area contributed by atoms with Gasteiger partial charge in [-0.25, -0.2) is 0 Å². The van der Waals surface area contributed by atoms with Crippen molar-refractivity contribution < 1.29 is 9.73 Å². The van der Waals surface area contributed by atoms with Crippen molar-refractivity contribution in [1.29, 1.82) is 0 Å². The number of hydrogen-bond donors (Lipinski definition) is 1. The van der Waals surface area contributed by atoms with Gasteiger partial charge in [0.2, 0.25) is 0 Å². The Morgan fingerprint density at radius 2 is 2.06 bits per heavy atom. The van der Waals surface area contributed by atoms with Crippen LogP contribution in [0.3, 0.4) is 0 Å². The third-order valence-electron chi connectivity index (χ3n) is 3.49. The summed E-state index contributed by atoms with van der Waals surface area (Å²) in [4.78, 5) is 0. The fraction of sp³-hybridized carbons (Fsp3) is 0.286. The average molecular weight is 242 g/mol. The van der Waals surface area contributed by atoms with Crippen molar-refractivity contribution in [3.05, 3.63) is 52.9 Å². The van der Waals surface area contributed by atoms with Crippen LogP contribution in [0.4, 0.5) is 0 Å². The molecule has 1 aliphatic carbocycles.